The van der Waals surface area contributed by atoms with Crippen molar-refractivity contribution in [2.24, 2.45) is 0 Å². The average Bonchev–Trinajstić information content (AvgIpc) is 3.14. The number of hydrogen-bond acceptors (Lipinski definition) is 1. The van der Waals surface area contributed by atoms with E-state index in [1.165, 1.54) is 44.9 Å². The molecule has 0 unspecified atom stereocenters. The molecule has 1 aliphatic carbocycles. The van der Waals surface area contributed by atoms with E-state index in [1.807, 2.05) is 4.90 Å². The summed E-state index contributed by atoms with van der Waals surface area (Å²) in [5, 5.41) is 0. The van der Waals surface area contributed by atoms with Crippen molar-refractivity contribution in [3.63, 3.8) is 0 Å². The Morgan fingerprint density at radius 3 is 2.41 bits per heavy atom. The second-order valence-corrected chi connectivity index (χ2v) is 5.40. The molecular formula is C14H26ClNO. The van der Waals surface area contributed by atoms with Gasteiger partial charge < -0.3 is 4.90 Å². The first-order valence-electron chi connectivity index (χ1n) is 7.15. The van der Waals surface area contributed by atoms with E-state index in [9.17, 15) is 4.79 Å². The Balaban J connectivity index is 2.06. The third kappa shape index (κ3) is 6.30. The van der Waals surface area contributed by atoms with Crippen molar-refractivity contribution in [1.29, 1.82) is 0 Å². The lowest BCUT2D eigenvalue weighted by Gasteiger charge is -2.21. The summed E-state index contributed by atoms with van der Waals surface area (Å²) in [5.41, 5.74) is 0. The maximum Gasteiger partial charge on any atom is 0.222 e. The lowest BCUT2D eigenvalue weighted by molar-refractivity contribution is -0.131. The highest BCUT2D eigenvalue weighted by Gasteiger charge is 2.31. The van der Waals surface area contributed by atoms with E-state index in [0.29, 0.717) is 17.8 Å². The van der Waals surface area contributed by atoms with Crippen molar-refractivity contribution in [2.45, 2.75) is 70.8 Å². The summed E-state index contributed by atoms with van der Waals surface area (Å²) in [5.74, 6) is 0.891. The molecule has 17 heavy (non-hydrogen) atoms. The zero-order chi connectivity index (χ0) is 12.5. The van der Waals surface area contributed by atoms with Gasteiger partial charge in [-0.3, -0.25) is 4.79 Å². The van der Waals surface area contributed by atoms with Gasteiger partial charge in [0, 0.05) is 24.9 Å². The maximum absolute atomic E-state index is 12.0. The van der Waals surface area contributed by atoms with Gasteiger partial charge in [-0.25, -0.2) is 0 Å². The van der Waals surface area contributed by atoms with Gasteiger partial charge in [0.1, 0.15) is 0 Å². The second kappa shape index (κ2) is 8.79. The van der Waals surface area contributed by atoms with Crippen LogP contribution in [0.3, 0.4) is 0 Å². The first-order chi connectivity index (χ1) is 8.29. The van der Waals surface area contributed by atoms with E-state index in [4.69, 9.17) is 11.6 Å². The molecule has 1 rings (SSSR count). The van der Waals surface area contributed by atoms with Gasteiger partial charge in [0.25, 0.3) is 0 Å². The monoisotopic (exact) mass is 259 g/mol. The van der Waals surface area contributed by atoms with Crippen LogP contribution in [0.5, 0.6) is 0 Å². The quantitative estimate of drug-likeness (QED) is 0.429. The molecule has 100 valence electrons. The Bertz CT molecular complexity index is 216. The molecule has 0 N–H and O–H groups in total. The third-order valence-electron chi connectivity index (χ3n) is 3.38. The van der Waals surface area contributed by atoms with Crippen LogP contribution in [0.4, 0.5) is 0 Å². The molecule has 1 saturated carbocycles. The second-order valence-electron chi connectivity index (χ2n) is 5.03. The minimum absolute atomic E-state index is 0.323. The van der Waals surface area contributed by atoms with Crippen molar-refractivity contribution in [1.82, 2.24) is 4.90 Å². The molecule has 1 amide bonds. The molecule has 0 saturated heterocycles. The van der Waals surface area contributed by atoms with Crippen LogP contribution in [-0.4, -0.2) is 29.3 Å². The molecule has 3 heteroatoms. The van der Waals surface area contributed by atoms with Crippen LogP contribution in [0, 0.1) is 0 Å². The van der Waals surface area contributed by atoms with Crippen LogP contribution < -0.4 is 0 Å². The Morgan fingerprint density at radius 2 is 1.82 bits per heavy atom. The van der Waals surface area contributed by atoms with Gasteiger partial charge in [-0.15, -0.1) is 11.6 Å². The summed E-state index contributed by atoms with van der Waals surface area (Å²) < 4.78 is 0. The fraction of sp³-hybridized carbons (Fsp3) is 0.929. The highest BCUT2D eigenvalue weighted by Crippen LogP contribution is 2.27. The van der Waals surface area contributed by atoms with Crippen LogP contribution in [0.2, 0.25) is 0 Å². The number of rotatable bonds is 10. The van der Waals surface area contributed by atoms with Crippen molar-refractivity contribution < 1.29 is 4.79 Å². The Kier molecular flexibility index (Phi) is 7.67. The Morgan fingerprint density at radius 1 is 1.18 bits per heavy atom. The molecule has 0 bridgehead atoms. The van der Waals surface area contributed by atoms with Crippen molar-refractivity contribution in [2.75, 3.05) is 12.4 Å². The first kappa shape index (κ1) is 14.8. The zero-order valence-electron chi connectivity index (χ0n) is 11.1. The molecule has 1 aliphatic rings. The van der Waals surface area contributed by atoms with Gasteiger partial charge in [-0.05, 0) is 19.3 Å². The summed E-state index contributed by atoms with van der Waals surface area (Å²) >= 11 is 5.74. The smallest absolute Gasteiger partial charge is 0.222 e. The predicted octanol–water partition coefficient (Wildman–Crippen LogP) is 3.97. The van der Waals surface area contributed by atoms with E-state index >= 15 is 0 Å². The zero-order valence-corrected chi connectivity index (χ0v) is 11.8. The van der Waals surface area contributed by atoms with Crippen molar-refractivity contribution in [3.8, 4) is 0 Å². The molecule has 1 fully saturated rings. The number of amides is 1. The Hall–Kier alpha value is -0.240. The number of halogens is 1. The number of unbranched alkanes of at least 4 members (excludes halogenated alkanes) is 5. The normalized spacial score (nSPS) is 14.9. The molecule has 0 radical (unpaired) electrons. The van der Waals surface area contributed by atoms with E-state index in [-0.39, 0.29) is 0 Å². The fourth-order valence-corrected chi connectivity index (χ4v) is 2.37. The van der Waals surface area contributed by atoms with Crippen LogP contribution in [0.15, 0.2) is 0 Å². The van der Waals surface area contributed by atoms with Gasteiger partial charge in [0.15, 0.2) is 0 Å². The number of nitrogens with zero attached hydrogens (tertiary/aromatic N) is 1. The molecule has 0 aromatic rings. The third-order valence-corrected chi connectivity index (χ3v) is 3.55. The van der Waals surface area contributed by atoms with E-state index in [0.717, 1.165) is 19.4 Å². The average molecular weight is 260 g/mol. The van der Waals surface area contributed by atoms with Crippen LogP contribution in [-0.2, 0) is 4.79 Å². The largest absolute Gasteiger partial charge is 0.339 e. The number of hydrogen-bond donors (Lipinski definition) is 0. The van der Waals surface area contributed by atoms with Crippen LogP contribution in [0.25, 0.3) is 0 Å². The highest BCUT2D eigenvalue weighted by molar-refractivity contribution is 6.18. The predicted molar refractivity (Wildman–Crippen MR) is 73.4 cm³/mol. The molecule has 0 aliphatic heterocycles. The summed E-state index contributed by atoms with van der Waals surface area (Å²) in [6, 6.07) is 0.515. The lowest BCUT2D eigenvalue weighted by atomic mass is 10.1. The van der Waals surface area contributed by atoms with Gasteiger partial charge in [0.2, 0.25) is 5.91 Å². The standard InChI is InChI=1S/C14H26ClNO/c1-2-3-4-5-6-7-8-14(17)16(12-11-15)13-9-10-13/h13H,2-12H2,1H3. The number of carbonyl (C=O) groups excluding carboxylic acids is 1. The summed E-state index contributed by atoms with van der Waals surface area (Å²) in [6.07, 6.45) is 10.5. The maximum atomic E-state index is 12.0. The minimum atomic E-state index is 0.323. The molecule has 2 nitrogen and oxygen atoms in total. The molecule has 0 aromatic carbocycles. The van der Waals surface area contributed by atoms with Crippen molar-refractivity contribution >= 4 is 17.5 Å². The molecular weight excluding hydrogens is 234 g/mol. The van der Waals surface area contributed by atoms with E-state index < -0.39 is 0 Å². The lowest BCUT2D eigenvalue weighted by Crippen LogP contribution is -2.34. The van der Waals surface area contributed by atoms with Crippen LogP contribution >= 0.6 is 11.6 Å². The van der Waals surface area contributed by atoms with E-state index in [1.54, 1.807) is 0 Å². The number of carbonyl (C=O) groups is 1. The van der Waals surface area contributed by atoms with Gasteiger partial charge >= 0.3 is 0 Å². The Labute approximate surface area is 111 Å². The fourth-order valence-electron chi connectivity index (χ4n) is 2.19. The molecule has 0 atom stereocenters. The first-order valence-corrected chi connectivity index (χ1v) is 7.68. The summed E-state index contributed by atoms with van der Waals surface area (Å²) in [7, 11) is 0. The van der Waals surface area contributed by atoms with Crippen LogP contribution in [0.1, 0.15) is 64.7 Å². The summed E-state index contributed by atoms with van der Waals surface area (Å²) in [4.78, 5) is 14.0. The number of alkyl halides is 1. The molecule has 0 aromatic heterocycles. The molecule has 0 spiro atoms. The SMILES string of the molecule is CCCCCCCCC(=O)N(CCCl)C1CC1. The summed E-state index contributed by atoms with van der Waals surface area (Å²) in [6.45, 7) is 2.96. The van der Waals surface area contributed by atoms with Gasteiger partial charge in [-0.2, -0.15) is 0 Å². The van der Waals surface area contributed by atoms with Gasteiger partial charge in [0.05, 0.1) is 0 Å². The van der Waals surface area contributed by atoms with Gasteiger partial charge in [-0.1, -0.05) is 39.0 Å². The van der Waals surface area contributed by atoms with Crippen molar-refractivity contribution in [3.05, 3.63) is 0 Å². The van der Waals surface area contributed by atoms with E-state index in [2.05, 4.69) is 6.92 Å². The topological polar surface area (TPSA) is 20.3 Å². The molecule has 0 heterocycles. The minimum Gasteiger partial charge on any atom is -0.339 e. The highest BCUT2D eigenvalue weighted by atomic mass is 35.5.